The van der Waals surface area contributed by atoms with Gasteiger partial charge in [-0.25, -0.2) is 13.4 Å². The van der Waals surface area contributed by atoms with Crippen molar-refractivity contribution in [3.8, 4) is 11.6 Å². The minimum Gasteiger partial charge on any atom is -0.438 e. The highest BCUT2D eigenvalue weighted by Gasteiger charge is 2.15. The molecule has 3 aromatic rings. The molecule has 0 spiro atoms. The molecular formula is C17H18N4O4S. The Kier molecular flexibility index (Phi) is 4.92. The fourth-order valence-electron chi connectivity index (χ4n) is 2.29. The quantitative estimate of drug-likeness (QED) is 0.688. The smallest absolute Gasteiger partial charge is 0.239 e. The number of carbonyl (C=O) groups excluding carboxylic acids is 1. The predicted molar refractivity (Wildman–Crippen MR) is 98.7 cm³/mol. The lowest BCUT2D eigenvalue weighted by Gasteiger charge is -2.13. The highest BCUT2D eigenvalue weighted by molar-refractivity contribution is 7.88. The Hall–Kier alpha value is -2.91. The van der Waals surface area contributed by atoms with Gasteiger partial charge in [0.25, 0.3) is 0 Å². The summed E-state index contributed by atoms with van der Waals surface area (Å²) in [7, 11) is -2.07. The lowest BCUT2D eigenvalue weighted by atomic mass is 10.2. The number of hydrogen-bond donors (Lipinski definition) is 2. The predicted octanol–water partition coefficient (Wildman–Crippen LogP) is 2.19. The SMILES string of the molecule is CN(CC(=O)Nc1ccc(Oc2cccc3[nH]ccc23)nc1)S(C)(=O)=O. The number of likely N-dealkylation sites (N-methyl/N-ethyl adjacent to an activating group) is 1. The number of anilines is 1. The number of pyridine rings is 1. The van der Waals surface area contributed by atoms with Crippen LogP contribution in [0.25, 0.3) is 10.9 Å². The molecule has 2 aromatic heterocycles. The summed E-state index contributed by atoms with van der Waals surface area (Å²) in [5.41, 5.74) is 1.41. The summed E-state index contributed by atoms with van der Waals surface area (Å²) in [5.74, 6) is 0.596. The highest BCUT2D eigenvalue weighted by Crippen LogP contribution is 2.28. The molecule has 1 amide bonds. The van der Waals surface area contributed by atoms with E-state index < -0.39 is 15.9 Å². The third kappa shape index (κ3) is 4.19. The summed E-state index contributed by atoms with van der Waals surface area (Å²) in [4.78, 5) is 19.2. The van der Waals surface area contributed by atoms with Crippen LogP contribution in [0.2, 0.25) is 0 Å². The average Bonchev–Trinajstić information content (AvgIpc) is 3.05. The molecule has 0 radical (unpaired) electrons. The van der Waals surface area contributed by atoms with Crippen molar-refractivity contribution in [2.75, 3.05) is 25.2 Å². The van der Waals surface area contributed by atoms with Crippen molar-refractivity contribution in [1.82, 2.24) is 14.3 Å². The first-order valence-corrected chi connectivity index (χ1v) is 9.59. The Balaban J connectivity index is 1.65. The molecule has 2 heterocycles. The van der Waals surface area contributed by atoms with Gasteiger partial charge in [-0.3, -0.25) is 4.79 Å². The lowest BCUT2D eigenvalue weighted by Crippen LogP contribution is -2.34. The van der Waals surface area contributed by atoms with E-state index in [2.05, 4.69) is 15.3 Å². The second kappa shape index (κ2) is 7.14. The van der Waals surface area contributed by atoms with Gasteiger partial charge in [0.05, 0.1) is 24.7 Å². The van der Waals surface area contributed by atoms with Gasteiger partial charge in [-0.15, -0.1) is 0 Å². The maximum atomic E-state index is 11.9. The number of nitrogens with one attached hydrogen (secondary N) is 2. The molecule has 3 rings (SSSR count). The van der Waals surface area contributed by atoms with Crippen molar-refractivity contribution in [3.63, 3.8) is 0 Å². The molecule has 0 aliphatic rings. The zero-order valence-electron chi connectivity index (χ0n) is 14.3. The van der Waals surface area contributed by atoms with Gasteiger partial charge >= 0.3 is 0 Å². The summed E-state index contributed by atoms with van der Waals surface area (Å²) in [5, 5.41) is 3.53. The molecule has 0 atom stereocenters. The largest absolute Gasteiger partial charge is 0.438 e. The zero-order valence-corrected chi connectivity index (χ0v) is 15.1. The van der Waals surface area contributed by atoms with Gasteiger partial charge in [0, 0.05) is 30.2 Å². The van der Waals surface area contributed by atoms with E-state index in [9.17, 15) is 13.2 Å². The molecule has 0 saturated heterocycles. The van der Waals surface area contributed by atoms with E-state index in [0.29, 0.717) is 17.3 Å². The van der Waals surface area contributed by atoms with Crippen LogP contribution in [0.15, 0.2) is 48.8 Å². The number of nitrogens with zero attached hydrogens (tertiary/aromatic N) is 2. The summed E-state index contributed by atoms with van der Waals surface area (Å²) < 4.78 is 29.4. The number of aromatic nitrogens is 2. The molecule has 0 unspecified atom stereocenters. The Morgan fingerprint density at radius 3 is 2.77 bits per heavy atom. The van der Waals surface area contributed by atoms with Crippen molar-refractivity contribution in [3.05, 3.63) is 48.8 Å². The van der Waals surface area contributed by atoms with Crippen LogP contribution in [0.1, 0.15) is 0 Å². The first kappa shape index (κ1) is 17.9. The summed E-state index contributed by atoms with van der Waals surface area (Å²) in [6.07, 6.45) is 4.32. The van der Waals surface area contributed by atoms with Gasteiger partial charge in [-0.2, -0.15) is 4.31 Å². The Morgan fingerprint density at radius 2 is 2.08 bits per heavy atom. The van der Waals surface area contributed by atoms with E-state index in [-0.39, 0.29) is 6.54 Å². The fraction of sp³-hybridized carbons (Fsp3) is 0.176. The number of H-pyrrole nitrogens is 1. The van der Waals surface area contributed by atoms with Crippen LogP contribution < -0.4 is 10.1 Å². The van der Waals surface area contributed by atoms with Gasteiger partial charge in [-0.1, -0.05) is 6.07 Å². The highest BCUT2D eigenvalue weighted by atomic mass is 32.2. The van der Waals surface area contributed by atoms with Crippen molar-refractivity contribution < 1.29 is 17.9 Å². The molecule has 136 valence electrons. The Morgan fingerprint density at radius 1 is 1.27 bits per heavy atom. The molecule has 2 N–H and O–H groups in total. The number of aromatic amines is 1. The van der Waals surface area contributed by atoms with E-state index in [4.69, 9.17) is 4.74 Å². The fourth-order valence-corrected chi connectivity index (χ4v) is 2.64. The number of ether oxygens (including phenoxy) is 1. The van der Waals surface area contributed by atoms with Gasteiger partial charge in [0.2, 0.25) is 21.8 Å². The van der Waals surface area contributed by atoms with Crippen molar-refractivity contribution in [2.24, 2.45) is 0 Å². The lowest BCUT2D eigenvalue weighted by molar-refractivity contribution is -0.116. The standard InChI is InChI=1S/C17H18N4O4S/c1-21(26(2,23)24)11-16(22)20-12-6-7-17(19-10-12)25-15-5-3-4-14-13(15)8-9-18-14/h3-10,18H,11H2,1-2H3,(H,20,22). The van der Waals surface area contributed by atoms with Crippen molar-refractivity contribution in [2.45, 2.75) is 0 Å². The van der Waals surface area contributed by atoms with Crippen LogP contribution in [0, 0.1) is 0 Å². The number of rotatable bonds is 6. The van der Waals surface area contributed by atoms with Crippen LogP contribution in [0.3, 0.4) is 0 Å². The number of hydrogen-bond acceptors (Lipinski definition) is 5. The van der Waals surface area contributed by atoms with Gasteiger partial charge in [-0.05, 0) is 24.3 Å². The summed E-state index contributed by atoms with van der Waals surface area (Å²) in [6.45, 7) is -0.271. The molecule has 0 saturated carbocycles. The monoisotopic (exact) mass is 374 g/mol. The number of amides is 1. The van der Waals surface area contributed by atoms with Gasteiger partial charge in [0.15, 0.2) is 0 Å². The molecular weight excluding hydrogens is 356 g/mol. The normalized spacial score (nSPS) is 11.7. The van der Waals surface area contributed by atoms with Gasteiger partial charge < -0.3 is 15.0 Å². The first-order chi connectivity index (χ1) is 12.3. The molecule has 26 heavy (non-hydrogen) atoms. The minimum atomic E-state index is -3.41. The zero-order chi connectivity index (χ0) is 18.7. The molecule has 9 heteroatoms. The average molecular weight is 374 g/mol. The second-order valence-corrected chi connectivity index (χ2v) is 7.84. The van der Waals surface area contributed by atoms with Crippen LogP contribution in [0.4, 0.5) is 5.69 Å². The number of fused-ring (bicyclic) bond motifs is 1. The number of benzene rings is 1. The minimum absolute atomic E-state index is 0.271. The molecule has 0 fully saturated rings. The summed E-state index contributed by atoms with van der Waals surface area (Å²) in [6, 6.07) is 10.8. The van der Waals surface area contributed by atoms with Crippen LogP contribution in [-0.2, 0) is 14.8 Å². The topological polar surface area (TPSA) is 104 Å². The molecule has 0 aliphatic carbocycles. The molecule has 1 aromatic carbocycles. The van der Waals surface area contributed by atoms with E-state index in [1.807, 2.05) is 30.5 Å². The Bertz CT molecular complexity index is 1030. The maximum Gasteiger partial charge on any atom is 0.239 e. The molecule has 0 bridgehead atoms. The van der Waals surface area contributed by atoms with E-state index in [0.717, 1.165) is 21.5 Å². The van der Waals surface area contributed by atoms with Crippen LogP contribution >= 0.6 is 0 Å². The third-order valence-electron chi connectivity index (χ3n) is 3.72. The molecule has 0 aliphatic heterocycles. The third-order valence-corrected chi connectivity index (χ3v) is 4.98. The van der Waals surface area contributed by atoms with Crippen molar-refractivity contribution in [1.29, 1.82) is 0 Å². The van der Waals surface area contributed by atoms with E-state index in [1.165, 1.54) is 13.2 Å². The van der Waals surface area contributed by atoms with Gasteiger partial charge in [0.1, 0.15) is 5.75 Å². The number of sulfonamides is 1. The Labute approximate surface area is 150 Å². The van der Waals surface area contributed by atoms with Crippen LogP contribution in [0.5, 0.6) is 11.6 Å². The molecule has 8 nitrogen and oxygen atoms in total. The van der Waals surface area contributed by atoms with E-state index in [1.54, 1.807) is 12.1 Å². The van der Waals surface area contributed by atoms with Crippen molar-refractivity contribution >= 4 is 32.5 Å². The second-order valence-electron chi connectivity index (χ2n) is 5.75. The van der Waals surface area contributed by atoms with Crippen LogP contribution in [-0.4, -0.2) is 48.4 Å². The first-order valence-electron chi connectivity index (χ1n) is 7.74. The maximum absolute atomic E-state index is 11.9. The number of carbonyl (C=O) groups is 1. The summed E-state index contributed by atoms with van der Waals surface area (Å²) >= 11 is 0. The van der Waals surface area contributed by atoms with E-state index >= 15 is 0 Å².